The van der Waals surface area contributed by atoms with Crippen LogP contribution in [0.5, 0.6) is 0 Å². The van der Waals surface area contributed by atoms with Crippen LogP contribution >= 0.6 is 15.9 Å². The molecule has 1 aliphatic heterocycles. The van der Waals surface area contributed by atoms with Crippen LogP contribution in [0.4, 0.5) is 0 Å². The first-order chi connectivity index (χ1) is 9.63. The van der Waals surface area contributed by atoms with E-state index in [0.717, 1.165) is 49.9 Å². The highest BCUT2D eigenvalue weighted by molar-refractivity contribution is 9.10. The molecule has 106 valence electrons. The van der Waals surface area contributed by atoms with Gasteiger partial charge in [-0.2, -0.15) is 5.26 Å². The van der Waals surface area contributed by atoms with Gasteiger partial charge < -0.3 is 4.90 Å². The maximum absolute atomic E-state index is 9.83. The molecule has 4 heteroatoms. The second-order valence-corrected chi connectivity index (χ2v) is 6.94. The fourth-order valence-corrected chi connectivity index (χ4v) is 3.82. The summed E-state index contributed by atoms with van der Waals surface area (Å²) < 4.78 is 1.14. The van der Waals surface area contributed by atoms with Crippen molar-refractivity contribution in [1.29, 1.82) is 5.26 Å². The molecule has 1 saturated heterocycles. The molecule has 0 N–H and O–H groups in total. The number of nitrogens with zero attached hydrogens (tertiary/aromatic N) is 3. The van der Waals surface area contributed by atoms with Gasteiger partial charge in [0.15, 0.2) is 0 Å². The Morgan fingerprint density at radius 2 is 1.95 bits per heavy atom. The van der Waals surface area contributed by atoms with Crippen molar-refractivity contribution < 1.29 is 0 Å². The number of likely N-dealkylation sites (N-methyl/N-ethyl adjacent to an activating group) is 1. The molecular formula is C16H20BrN3. The van der Waals surface area contributed by atoms with Crippen LogP contribution in [0.1, 0.15) is 17.5 Å². The van der Waals surface area contributed by atoms with E-state index in [2.05, 4.69) is 57.0 Å². The number of nitriles is 1. The molecule has 1 aromatic rings. The minimum atomic E-state index is -0.290. The largest absolute Gasteiger partial charge is 0.304 e. The normalized spacial score (nSPS) is 27.9. The smallest absolute Gasteiger partial charge is 0.113 e. The molecule has 2 aliphatic rings. The molecule has 0 bridgehead atoms. The summed E-state index contributed by atoms with van der Waals surface area (Å²) in [5.74, 6) is 0. The zero-order valence-corrected chi connectivity index (χ0v) is 13.5. The molecule has 0 aromatic heterocycles. The molecule has 0 radical (unpaired) electrons. The molecular weight excluding hydrogens is 314 g/mol. The highest BCUT2D eigenvalue weighted by atomic mass is 79.9. The molecule has 20 heavy (non-hydrogen) atoms. The molecule has 1 unspecified atom stereocenters. The van der Waals surface area contributed by atoms with Gasteiger partial charge in [-0.3, -0.25) is 4.90 Å². The van der Waals surface area contributed by atoms with E-state index in [9.17, 15) is 5.26 Å². The van der Waals surface area contributed by atoms with Crippen molar-refractivity contribution in [1.82, 2.24) is 9.80 Å². The Morgan fingerprint density at radius 1 is 1.20 bits per heavy atom. The van der Waals surface area contributed by atoms with Crippen molar-refractivity contribution in [3.8, 4) is 6.07 Å². The van der Waals surface area contributed by atoms with Crippen molar-refractivity contribution in [3.63, 3.8) is 0 Å². The third-order valence-electron chi connectivity index (χ3n) is 4.78. The molecule has 0 saturated carbocycles. The maximum atomic E-state index is 9.83. The predicted octanol–water partition coefficient (Wildman–Crippen LogP) is 2.45. The number of piperazine rings is 1. The monoisotopic (exact) mass is 333 g/mol. The first-order valence-electron chi connectivity index (χ1n) is 7.25. The van der Waals surface area contributed by atoms with Crippen LogP contribution in [-0.4, -0.2) is 48.6 Å². The SMILES string of the molecule is CN1CCN(C2(C#N)CCc3cc(Br)ccc3C2)CC1. The standard InChI is InChI=1S/C16H20BrN3/c1-19-6-8-20(9-7-19)16(12-18)5-4-13-10-15(17)3-2-14(13)11-16/h2-3,10H,4-9,11H2,1H3. The van der Waals surface area contributed by atoms with E-state index in [1.165, 1.54) is 11.1 Å². The number of benzene rings is 1. The average Bonchev–Trinajstić information content (AvgIpc) is 2.47. The van der Waals surface area contributed by atoms with Gasteiger partial charge in [-0.1, -0.05) is 22.0 Å². The van der Waals surface area contributed by atoms with Gasteiger partial charge in [0.2, 0.25) is 0 Å². The minimum absolute atomic E-state index is 0.290. The lowest BCUT2D eigenvalue weighted by atomic mass is 9.77. The fraction of sp³-hybridized carbons (Fsp3) is 0.562. The Morgan fingerprint density at radius 3 is 2.65 bits per heavy atom. The first kappa shape index (κ1) is 14.1. The van der Waals surface area contributed by atoms with Crippen molar-refractivity contribution in [2.24, 2.45) is 0 Å². The zero-order valence-electron chi connectivity index (χ0n) is 11.9. The van der Waals surface area contributed by atoms with Crippen molar-refractivity contribution in [2.45, 2.75) is 24.8 Å². The summed E-state index contributed by atoms with van der Waals surface area (Å²) in [7, 11) is 2.16. The quantitative estimate of drug-likeness (QED) is 0.790. The zero-order chi connectivity index (χ0) is 14.2. The van der Waals surface area contributed by atoms with Crippen LogP contribution in [0.15, 0.2) is 22.7 Å². The highest BCUT2D eigenvalue weighted by Crippen LogP contribution is 2.34. The summed E-state index contributed by atoms with van der Waals surface area (Å²) in [5, 5.41) is 9.83. The van der Waals surface area contributed by atoms with Gasteiger partial charge in [-0.05, 0) is 43.1 Å². The molecule has 1 fully saturated rings. The fourth-order valence-electron chi connectivity index (χ4n) is 3.42. The number of hydrogen-bond acceptors (Lipinski definition) is 3. The number of fused-ring (bicyclic) bond motifs is 1. The summed E-state index contributed by atoms with van der Waals surface area (Å²) in [6.07, 6.45) is 2.83. The summed E-state index contributed by atoms with van der Waals surface area (Å²) in [6, 6.07) is 9.14. The van der Waals surface area contributed by atoms with Gasteiger partial charge >= 0.3 is 0 Å². The molecule has 1 aromatic carbocycles. The van der Waals surface area contributed by atoms with E-state index in [-0.39, 0.29) is 5.54 Å². The molecule has 0 spiro atoms. The highest BCUT2D eigenvalue weighted by Gasteiger charge is 2.40. The number of hydrogen-bond donors (Lipinski definition) is 0. The van der Waals surface area contributed by atoms with Crippen molar-refractivity contribution >= 4 is 15.9 Å². The van der Waals surface area contributed by atoms with Crippen LogP contribution < -0.4 is 0 Å². The first-order valence-corrected chi connectivity index (χ1v) is 8.04. The average molecular weight is 334 g/mol. The van der Waals surface area contributed by atoms with Crippen LogP contribution in [0.2, 0.25) is 0 Å². The Kier molecular flexibility index (Phi) is 3.85. The Labute approximate surface area is 129 Å². The molecule has 1 aliphatic carbocycles. The molecule has 3 rings (SSSR count). The number of rotatable bonds is 1. The van der Waals surface area contributed by atoms with Crippen LogP contribution in [0.25, 0.3) is 0 Å². The molecule has 3 nitrogen and oxygen atoms in total. The van der Waals surface area contributed by atoms with Crippen molar-refractivity contribution in [2.75, 3.05) is 33.2 Å². The van der Waals surface area contributed by atoms with E-state index < -0.39 is 0 Å². The molecule has 1 atom stereocenters. The topological polar surface area (TPSA) is 30.3 Å². The Bertz CT molecular complexity index is 543. The summed E-state index contributed by atoms with van der Waals surface area (Å²) in [4.78, 5) is 4.76. The molecule has 1 heterocycles. The number of aryl methyl sites for hydroxylation is 1. The number of halogens is 1. The minimum Gasteiger partial charge on any atom is -0.304 e. The second-order valence-electron chi connectivity index (χ2n) is 6.02. The van der Waals surface area contributed by atoms with E-state index in [4.69, 9.17) is 0 Å². The predicted molar refractivity (Wildman–Crippen MR) is 83.6 cm³/mol. The second kappa shape index (κ2) is 5.48. The Hall–Kier alpha value is -0.890. The summed E-state index contributed by atoms with van der Waals surface area (Å²) in [5.41, 5.74) is 2.46. The van der Waals surface area contributed by atoms with Crippen LogP contribution in [0, 0.1) is 11.3 Å². The Balaban J connectivity index is 1.85. The van der Waals surface area contributed by atoms with Crippen molar-refractivity contribution in [3.05, 3.63) is 33.8 Å². The van der Waals surface area contributed by atoms with Gasteiger partial charge in [0.1, 0.15) is 5.54 Å². The van der Waals surface area contributed by atoms with E-state index in [1.807, 2.05) is 0 Å². The van der Waals surface area contributed by atoms with Gasteiger partial charge in [0.05, 0.1) is 6.07 Å². The molecule has 0 amide bonds. The third kappa shape index (κ3) is 2.50. The third-order valence-corrected chi connectivity index (χ3v) is 5.27. The van der Waals surface area contributed by atoms with Gasteiger partial charge in [0.25, 0.3) is 0 Å². The maximum Gasteiger partial charge on any atom is 0.113 e. The van der Waals surface area contributed by atoms with Gasteiger partial charge in [-0.25, -0.2) is 0 Å². The van der Waals surface area contributed by atoms with Gasteiger partial charge in [-0.15, -0.1) is 0 Å². The lowest BCUT2D eigenvalue weighted by molar-refractivity contribution is 0.0646. The van der Waals surface area contributed by atoms with Crippen LogP contribution in [0.3, 0.4) is 0 Å². The van der Waals surface area contributed by atoms with Crippen LogP contribution in [-0.2, 0) is 12.8 Å². The summed E-state index contributed by atoms with van der Waals surface area (Å²) >= 11 is 3.54. The lowest BCUT2D eigenvalue weighted by Gasteiger charge is -2.45. The summed E-state index contributed by atoms with van der Waals surface area (Å²) in [6.45, 7) is 4.15. The van der Waals surface area contributed by atoms with E-state index >= 15 is 0 Å². The van der Waals surface area contributed by atoms with E-state index in [0.29, 0.717) is 0 Å². The van der Waals surface area contributed by atoms with E-state index in [1.54, 1.807) is 0 Å². The lowest BCUT2D eigenvalue weighted by Crippen LogP contribution is -2.58. The van der Waals surface area contributed by atoms with Gasteiger partial charge in [0, 0.05) is 37.1 Å².